The molecular weight excluding hydrogens is 311 g/mol. The summed E-state index contributed by atoms with van der Waals surface area (Å²) in [6.45, 7) is -0.0511. The lowest BCUT2D eigenvalue weighted by Crippen LogP contribution is -2.26. The van der Waals surface area contributed by atoms with Gasteiger partial charge in [0.15, 0.2) is 8.68 Å². The number of hydrogen-bond donors (Lipinski definition) is 0. The minimum Gasteiger partial charge on any atom is -0.232 e. The Hall–Kier alpha value is -1.02. The number of nitrogens with zero attached hydrogens (tertiary/aromatic N) is 2. The molecule has 8 heteroatoms. The lowest BCUT2D eigenvalue weighted by molar-refractivity contribution is 0.458. The van der Waals surface area contributed by atoms with E-state index in [0.717, 1.165) is 15.6 Å². The van der Waals surface area contributed by atoms with Crippen molar-refractivity contribution in [1.82, 2.24) is 9.29 Å². The molecule has 0 aliphatic carbocycles. The number of benzene rings is 1. The zero-order valence-corrected chi connectivity index (χ0v) is 12.3. The van der Waals surface area contributed by atoms with Crippen molar-refractivity contribution in [3.8, 4) is 0 Å². The molecule has 0 amide bonds. The second-order valence-electron chi connectivity index (χ2n) is 3.78. The van der Waals surface area contributed by atoms with Crippen LogP contribution in [0.25, 0.3) is 0 Å². The SMILES string of the molecule is CN(Cc1ccccc1F)S(=O)(=O)c1cnc(Cl)s1. The third-order valence-corrected chi connectivity index (χ3v) is 5.83. The van der Waals surface area contributed by atoms with Gasteiger partial charge in [0.25, 0.3) is 10.0 Å². The first kappa shape index (κ1) is 14.4. The Labute approximate surface area is 119 Å². The summed E-state index contributed by atoms with van der Waals surface area (Å²) in [5.41, 5.74) is 0.309. The summed E-state index contributed by atoms with van der Waals surface area (Å²) in [4.78, 5) is 3.69. The fraction of sp³-hybridized carbons (Fsp3) is 0.182. The van der Waals surface area contributed by atoms with E-state index in [1.54, 1.807) is 18.2 Å². The highest BCUT2D eigenvalue weighted by Crippen LogP contribution is 2.25. The fourth-order valence-electron chi connectivity index (χ4n) is 1.46. The molecule has 0 spiro atoms. The first-order valence-electron chi connectivity index (χ1n) is 5.22. The molecule has 1 aromatic heterocycles. The van der Waals surface area contributed by atoms with Crippen molar-refractivity contribution >= 4 is 33.0 Å². The fourth-order valence-corrected chi connectivity index (χ4v) is 4.12. The smallest absolute Gasteiger partial charge is 0.232 e. The Morgan fingerprint density at radius 1 is 1.42 bits per heavy atom. The Morgan fingerprint density at radius 2 is 2.11 bits per heavy atom. The summed E-state index contributed by atoms with van der Waals surface area (Å²) in [6.07, 6.45) is 1.19. The summed E-state index contributed by atoms with van der Waals surface area (Å²) in [6, 6.07) is 6.04. The first-order valence-corrected chi connectivity index (χ1v) is 7.86. The van der Waals surface area contributed by atoms with Gasteiger partial charge in [-0.1, -0.05) is 41.1 Å². The molecule has 19 heavy (non-hydrogen) atoms. The van der Waals surface area contributed by atoms with Crippen LogP contribution in [0.2, 0.25) is 4.47 Å². The molecule has 0 bridgehead atoms. The van der Waals surface area contributed by atoms with Gasteiger partial charge in [0.1, 0.15) is 5.82 Å². The number of rotatable bonds is 4. The van der Waals surface area contributed by atoms with Crippen LogP contribution in [-0.4, -0.2) is 24.8 Å². The number of sulfonamides is 1. The predicted octanol–water partition coefficient (Wildman–Crippen LogP) is 2.76. The van der Waals surface area contributed by atoms with Crippen molar-refractivity contribution in [3.63, 3.8) is 0 Å². The van der Waals surface area contributed by atoms with E-state index in [9.17, 15) is 12.8 Å². The maximum Gasteiger partial charge on any atom is 0.254 e. The highest BCUT2D eigenvalue weighted by molar-refractivity contribution is 7.91. The van der Waals surface area contributed by atoms with Gasteiger partial charge in [-0.05, 0) is 6.07 Å². The quantitative estimate of drug-likeness (QED) is 0.870. The van der Waals surface area contributed by atoms with Gasteiger partial charge in [0, 0.05) is 19.2 Å². The number of halogens is 2. The standard InChI is InChI=1S/C11H10ClFN2O2S2/c1-15(7-8-4-2-3-5-9(8)13)19(16,17)10-6-14-11(12)18-10/h2-6H,7H2,1H3. The lowest BCUT2D eigenvalue weighted by Gasteiger charge is -2.16. The maximum absolute atomic E-state index is 13.5. The van der Waals surface area contributed by atoms with Gasteiger partial charge in [-0.25, -0.2) is 17.8 Å². The zero-order chi connectivity index (χ0) is 14.0. The van der Waals surface area contributed by atoms with Gasteiger partial charge in [0.2, 0.25) is 0 Å². The van der Waals surface area contributed by atoms with E-state index < -0.39 is 15.8 Å². The van der Waals surface area contributed by atoms with Gasteiger partial charge < -0.3 is 0 Å². The minimum absolute atomic E-state index is 0.0383. The molecule has 0 saturated heterocycles. The first-order chi connectivity index (χ1) is 8.91. The van der Waals surface area contributed by atoms with E-state index in [4.69, 9.17) is 11.6 Å². The Bertz CT molecular complexity index is 688. The van der Waals surface area contributed by atoms with Gasteiger partial charge in [-0.2, -0.15) is 4.31 Å². The van der Waals surface area contributed by atoms with Crippen LogP contribution < -0.4 is 0 Å². The van der Waals surface area contributed by atoms with Crippen LogP contribution in [-0.2, 0) is 16.6 Å². The van der Waals surface area contributed by atoms with Crippen molar-refractivity contribution in [3.05, 3.63) is 46.3 Å². The predicted molar refractivity (Wildman–Crippen MR) is 72.2 cm³/mol. The Balaban J connectivity index is 2.25. The van der Waals surface area contributed by atoms with E-state index >= 15 is 0 Å². The van der Waals surface area contributed by atoms with Crippen molar-refractivity contribution in [2.75, 3.05) is 7.05 Å². The number of hydrogen-bond acceptors (Lipinski definition) is 4. The summed E-state index contributed by atoms with van der Waals surface area (Å²) >= 11 is 6.49. The molecule has 0 aliphatic rings. The minimum atomic E-state index is -3.69. The van der Waals surface area contributed by atoms with E-state index in [0.29, 0.717) is 5.56 Å². The molecule has 102 valence electrons. The average molecular weight is 321 g/mol. The van der Waals surface area contributed by atoms with Crippen LogP contribution in [0.3, 0.4) is 0 Å². The third kappa shape index (κ3) is 3.11. The Kier molecular flexibility index (Phi) is 4.19. The van der Waals surface area contributed by atoms with Crippen molar-refractivity contribution in [1.29, 1.82) is 0 Å². The lowest BCUT2D eigenvalue weighted by atomic mass is 10.2. The van der Waals surface area contributed by atoms with Crippen molar-refractivity contribution in [2.45, 2.75) is 10.8 Å². The molecular formula is C11H10ClFN2O2S2. The molecule has 4 nitrogen and oxygen atoms in total. The molecule has 0 N–H and O–H groups in total. The highest BCUT2D eigenvalue weighted by Gasteiger charge is 2.24. The summed E-state index contributed by atoms with van der Waals surface area (Å²) in [5.74, 6) is -0.438. The summed E-state index contributed by atoms with van der Waals surface area (Å²) in [7, 11) is -2.31. The molecule has 0 unspecified atom stereocenters. The summed E-state index contributed by atoms with van der Waals surface area (Å²) < 4.78 is 39.1. The van der Waals surface area contributed by atoms with Crippen molar-refractivity contribution in [2.24, 2.45) is 0 Å². The second-order valence-corrected chi connectivity index (χ2v) is 7.67. The zero-order valence-electron chi connectivity index (χ0n) is 9.88. The van der Waals surface area contributed by atoms with Crippen LogP contribution in [0, 0.1) is 5.82 Å². The highest BCUT2D eigenvalue weighted by atomic mass is 35.5. The van der Waals surface area contributed by atoms with Crippen LogP contribution in [0.5, 0.6) is 0 Å². The number of aromatic nitrogens is 1. The van der Waals surface area contributed by atoms with E-state index in [1.807, 2.05) is 0 Å². The molecule has 2 rings (SSSR count). The molecule has 0 saturated carbocycles. The molecule has 0 radical (unpaired) electrons. The summed E-state index contributed by atoms with van der Waals surface area (Å²) in [5, 5.41) is 0. The maximum atomic E-state index is 13.5. The van der Waals surface area contributed by atoms with Gasteiger partial charge >= 0.3 is 0 Å². The van der Waals surface area contributed by atoms with Crippen LogP contribution in [0.15, 0.2) is 34.7 Å². The second kappa shape index (κ2) is 5.54. The van der Waals surface area contributed by atoms with E-state index in [-0.39, 0.29) is 15.2 Å². The van der Waals surface area contributed by atoms with Gasteiger partial charge in [-0.3, -0.25) is 0 Å². The van der Waals surface area contributed by atoms with Crippen LogP contribution >= 0.6 is 22.9 Å². The normalized spacial score (nSPS) is 12.0. The van der Waals surface area contributed by atoms with Gasteiger partial charge in [0.05, 0.1) is 6.20 Å². The Morgan fingerprint density at radius 3 is 2.68 bits per heavy atom. The molecule has 0 atom stereocenters. The number of thiazole rings is 1. The monoisotopic (exact) mass is 320 g/mol. The van der Waals surface area contributed by atoms with Crippen LogP contribution in [0.4, 0.5) is 4.39 Å². The van der Waals surface area contributed by atoms with Crippen LogP contribution in [0.1, 0.15) is 5.56 Å². The molecule has 1 aromatic carbocycles. The van der Waals surface area contributed by atoms with E-state index in [2.05, 4.69) is 4.98 Å². The molecule has 0 fully saturated rings. The molecule has 1 heterocycles. The van der Waals surface area contributed by atoms with E-state index in [1.165, 1.54) is 19.3 Å². The average Bonchev–Trinajstić information content (AvgIpc) is 2.79. The van der Waals surface area contributed by atoms with Gasteiger partial charge in [-0.15, -0.1) is 0 Å². The van der Waals surface area contributed by atoms with Crippen molar-refractivity contribution < 1.29 is 12.8 Å². The molecule has 0 aliphatic heterocycles. The molecule has 2 aromatic rings. The third-order valence-electron chi connectivity index (χ3n) is 2.47. The largest absolute Gasteiger partial charge is 0.254 e. The topological polar surface area (TPSA) is 50.3 Å².